The van der Waals surface area contributed by atoms with Crippen molar-refractivity contribution < 1.29 is 4.79 Å². The maximum absolute atomic E-state index is 12.5. The van der Waals surface area contributed by atoms with Gasteiger partial charge in [-0.1, -0.05) is 32.5 Å². The van der Waals surface area contributed by atoms with E-state index in [1.165, 1.54) is 11.8 Å². The first-order valence-corrected chi connectivity index (χ1v) is 9.21. The number of pyridine rings is 1. The van der Waals surface area contributed by atoms with Gasteiger partial charge in [0.2, 0.25) is 5.91 Å². The molecule has 0 bridgehead atoms. The van der Waals surface area contributed by atoms with Crippen LogP contribution >= 0.6 is 11.8 Å². The van der Waals surface area contributed by atoms with Crippen LogP contribution in [0.3, 0.4) is 0 Å². The summed E-state index contributed by atoms with van der Waals surface area (Å²) < 4.78 is 1.59. The lowest BCUT2D eigenvalue weighted by atomic mass is 9.92. The number of carbonyl (C=O) groups excluding carboxylic acids is 1. The molecule has 3 rings (SSSR count). The predicted octanol–water partition coefficient (Wildman–Crippen LogP) is 2.60. The van der Waals surface area contributed by atoms with Crippen LogP contribution < -0.4 is 10.9 Å². The second-order valence-corrected chi connectivity index (χ2v) is 8.33. The molecule has 2 aromatic rings. The number of nitrogens with zero attached hydrogens (tertiary/aromatic N) is 3. The molecule has 3 heterocycles. The van der Waals surface area contributed by atoms with Crippen molar-refractivity contribution >= 4 is 23.5 Å². The van der Waals surface area contributed by atoms with Gasteiger partial charge in [-0.05, 0) is 24.6 Å². The Morgan fingerprint density at radius 3 is 2.80 bits per heavy atom. The molecule has 0 fully saturated rings. The van der Waals surface area contributed by atoms with Gasteiger partial charge >= 0.3 is 0 Å². The van der Waals surface area contributed by atoms with Gasteiger partial charge in [0.25, 0.3) is 5.56 Å². The molecule has 0 spiro atoms. The van der Waals surface area contributed by atoms with E-state index in [-0.39, 0.29) is 22.8 Å². The van der Waals surface area contributed by atoms with Crippen molar-refractivity contribution in [2.75, 3.05) is 11.1 Å². The van der Waals surface area contributed by atoms with Gasteiger partial charge in [0, 0.05) is 30.0 Å². The third-order valence-corrected chi connectivity index (χ3v) is 5.23. The average molecular weight is 358 g/mol. The molecule has 1 aliphatic rings. The topological polar surface area (TPSA) is 76.9 Å². The zero-order valence-electron chi connectivity index (χ0n) is 14.9. The minimum Gasteiger partial charge on any atom is -0.310 e. The van der Waals surface area contributed by atoms with Crippen molar-refractivity contribution in [3.05, 3.63) is 46.0 Å². The zero-order valence-corrected chi connectivity index (χ0v) is 15.7. The maximum atomic E-state index is 12.5. The smallest absolute Gasteiger partial charge is 0.254 e. The summed E-state index contributed by atoms with van der Waals surface area (Å²) in [6.07, 6.45) is 1.66. The second-order valence-electron chi connectivity index (χ2n) is 7.34. The second kappa shape index (κ2) is 6.63. The standard InChI is InChI=1S/C18H22N4O2S/c1-11-5-6-19-14(7-11)21-16(24)12-9-22-15(23)8-13(18(2,3)4)20-17(22)25-10-12/h5-8,12H,9-10H2,1-4H3,(H,19,21,24). The van der Waals surface area contributed by atoms with Crippen LogP contribution in [0.15, 0.2) is 34.3 Å². The average Bonchev–Trinajstić information content (AvgIpc) is 2.53. The summed E-state index contributed by atoms with van der Waals surface area (Å²) in [5, 5.41) is 3.53. The van der Waals surface area contributed by atoms with Crippen LogP contribution in [0.2, 0.25) is 0 Å². The van der Waals surface area contributed by atoms with Crippen LogP contribution in [0.5, 0.6) is 0 Å². The molecule has 1 N–H and O–H groups in total. The number of carbonyl (C=O) groups is 1. The Labute approximate surface area is 151 Å². The van der Waals surface area contributed by atoms with E-state index in [1.54, 1.807) is 16.8 Å². The molecular formula is C18H22N4O2S. The highest BCUT2D eigenvalue weighted by Gasteiger charge is 2.28. The number of amides is 1. The lowest BCUT2D eigenvalue weighted by molar-refractivity contribution is -0.119. The van der Waals surface area contributed by atoms with Crippen molar-refractivity contribution in [1.82, 2.24) is 14.5 Å². The van der Waals surface area contributed by atoms with E-state index in [1.807, 2.05) is 39.8 Å². The molecule has 0 aromatic carbocycles. The van der Waals surface area contributed by atoms with Crippen LogP contribution in [0.1, 0.15) is 32.0 Å². The van der Waals surface area contributed by atoms with E-state index < -0.39 is 0 Å². The molecule has 1 atom stereocenters. The monoisotopic (exact) mass is 358 g/mol. The van der Waals surface area contributed by atoms with Gasteiger partial charge < -0.3 is 5.32 Å². The number of hydrogen-bond donors (Lipinski definition) is 1. The zero-order chi connectivity index (χ0) is 18.2. The number of aromatic nitrogens is 3. The Bertz CT molecular complexity index is 870. The summed E-state index contributed by atoms with van der Waals surface area (Å²) in [5.74, 6) is 0.717. The SMILES string of the molecule is Cc1ccnc(NC(=O)C2CSc3nc(C(C)(C)C)cc(=O)n3C2)c1. The van der Waals surface area contributed by atoms with Crippen molar-refractivity contribution in [1.29, 1.82) is 0 Å². The molecular weight excluding hydrogens is 336 g/mol. The van der Waals surface area contributed by atoms with Gasteiger partial charge in [-0.25, -0.2) is 9.97 Å². The quantitative estimate of drug-likeness (QED) is 0.835. The van der Waals surface area contributed by atoms with E-state index in [2.05, 4.69) is 15.3 Å². The van der Waals surface area contributed by atoms with Crippen LogP contribution in [-0.4, -0.2) is 26.2 Å². The first kappa shape index (κ1) is 17.7. The van der Waals surface area contributed by atoms with Crippen molar-refractivity contribution in [3.8, 4) is 0 Å². The third-order valence-electron chi connectivity index (χ3n) is 4.10. The molecule has 1 unspecified atom stereocenters. The molecule has 0 saturated heterocycles. The summed E-state index contributed by atoms with van der Waals surface area (Å²) in [5.41, 5.74) is 1.53. The van der Waals surface area contributed by atoms with E-state index in [9.17, 15) is 9.59 Å². The highest BCUT2D eigenvalue weighted by Crippen LogP contribution is 2.28. The highest BCUT2D eigenvalue weighted by atomic mass is 32.2. The Morgan fingerprint density at radius 1 is 1.36 bits per heavy atom. The van der Waals surface area contributed by atoms with Gasteiger partial charge in [-0.2, -0.15) is 0 Å². The highest BCUT2D eigenvalue weighted by molar-refractivity contribution is 7.99. The van der Waals surface area contributed by atoms with E-state index in [0.717, 1.165) is 11.3 Å². The van der Waals surface area contributed by atoms with Gasteiger partial charge in [0.15, 0.2) is 5.16 Å². The Kier molecular flexibility index (Phi) is 4.69. The first-order chi connectivity index (χ1) is 11.7. The van der Waals surface area contributed by atoms with Crippen LogP contribution in [0, 0.1) is 12.8 Å². The fraction of sp³-hybridized carbons (Fsp3) is 0.444. The first-order valence-electron chi connectivity index (χ1n) is 8.23. The lowest BCUT2D eigenvalue weighted by Gasteiger charge is -2.26. The fourth-order valence-electron chi connectivity index (χ4n) is 2.59. The van der Waals surface area contributed by atoms with Crippen molar-refractivity contribution in [2.24, 2.45) is 5.92 Å². The van der Waals surface area contributed by atoms with E-state index >= 15 is 0 Å². The molecule has 7 heteroatoms. The van der Waals surface area contributed by atoms with Crippen molar-refractivity contribution in [3.63, 3.8) is 0 Å². The molecule has 0 aliphatic carbocycles. The van der Waals surface area contributed by atoms with Crippen molar-refractivity contribution in [2.45, 2.75) is 44.8 Å². The summed E-state index contributed by atoms with van der Waals surface area (Å²) in [7, 11) is 0. The van der Waals surface area contributed by atoms with Gasteiger partial charge in [0.05, 0.1) is 11.6 Å². The Hall–Kier alpha value is -2.15. The number of anilines is 1. The molecule has 1 amide bonds. The summed E-state index contributed by atoms with van der Waals surface area (Å²) in [6.45, 7) is 8.39. The number of thioether (sulfide) groups is 1. The van der Waals surface area contributed by atoms with Gasteiger partial charge in [-0.15, -0.1) is 0 Å². The molecule has 2 aromatic heterocycles. The van der Waals surface area contributed by atoms with E-state index in [4.69, 9.17) is 0 Å². The number of fused-ring (bicyclic) bond motifs is 1. The number of nitrogens with one attached hydrogen (secondary N) is 1. The minimum atomic E-state index is -0.292. The molecule has 1 aliphatic heterocycles. The summed E-state index contributed by atoms with van der Waals surface area (Å²) >= 11 is 1.45. The molecule has 6 nitrogen and oxygen atoms in total. The van der Waals surface area contributed by atoms with Gasteiger partial charge in [-0.3, -0.25) is 14.2 Å². The predicted molar refractivity (Wildman–Crippen MR) is 99.0 cm³/mol. The van der Waals surface area contributed by atoms with Gasteiger partial charge in [0.1, 0.15) is 5.82 Å². The van der Waals surface area contributed by atoms with E-state index in [0.29, 0.717) is 23.3 Å². The third kappa shape index (κ3) is 3.92. The van der Waals surface area contributed by atoms with Crippen LogP contribution in [0.25, 0.3) is 0 Å². The number of hydrogen-bond acceptors (Lipinski definition) is 5. The Balaban J connectivity index is 1.79. The molecule has 132 valence electrons. The fourth-order valence-corrected chi connectivity index (χ4v) is 3.68. The maximum Gasteiger partial charge on any atom is 0.254 e. The summed E-state index contributed by atoms with van der Waals surface area (Å²) in [6, 6.07) is 5.28. The molecule has 0 radical (unpaired) electrons. The number of aryl methyl sites for hydroxylation is 1. The normalized spacial score (nSPS) is 17.0. The minimum absolute atomic E-state index is 0.103. The van der Waals surface area contributed by atoms with Crippen LogP contribution in [-0.2, 0) is 16.8 Å². The molecule has 25 heavy (non-hydrogen) atoms. The number of rotatable bonds is 2. The molecule has 0 saturated carbocycles. The lowest BCUT2D eigenvalue weighted by Crippen LogP contribution is -2.37. The summed E-state index contributed by atoms with van der Waals surface area (Å²) in [4.78, 5) is 33.8. The Morgan fingerprint density at radius 2 is 2.12 bits per heavy atom. The van der Waals surface area contributed by atoms with Crippen LogP contribution in [0.4, 0.5) is 5.82 Å². The largest absolute Gasteiger partial charge is 0.310 e.